The van der Waals surface area contributed by atoms with Crippen LogP contribution in [-0.2, 0) is 0 Å². The number of hydrogen-bond donors (Lipinski definition) is 1. The van der Waals surface area contributed by atoms with Crippen molar-refractivity contribution in [1.82, 2.24) is 14.8 Å². The standard InChI is InChI=1S/C9H9ClN4O/c1-15-6-2-3-8(7(11)4-6)14-5-12-9(10)13-14/h2-5H,11H2,1H3. The Morgan fingerprint density at radius 2 is 2.27 bits per heavy atom. The number of rotatable bonds is 2. The molecule has 0 saturated carbocycles. The molecule has 2 aromatic rings. The van der Waals surface area contributed by atoms with Gasteiger partial charge < -0.3 is 10.5 Å². The number of nitrogen functional groups attached to an aromatic ring is 1. The Balaban J connectivity index is 2.45. The van der Waals surface area contributed by atoms with Crippen molar-refractivity contribution in [3.05, 3.63) is 29.8 Å². The lowest BCUT2D eigenvalue weighted by molar-refractivity contribution is 0.415. The Morgan fingerprint density at radius 3 is 2.80 bits per heavy atom. The van der Waals surface area contributed by atoms with Crippen LogP contribution in [0.4, 0.5) is 5.69 Å². The maximum absolute atomic E-state index is 5.83. The van der Waals surface area contributed by atoms with E-state index >= 15 is 0 Å². The highest BCUT2D eigenvalue weighted by atomic mass is 35.5. The van der Waals surface area contributed by atoms with E-state index in [4.69, 9.17) is 22.1 Å². The average Bonchev–Trinajstić information content (AvgIpc) is 2.64. The monoisotopic (exact) mass is 224 g/mol. The average molecular weight is 225 g/mol. The number of aromatic nitrogens is 3. The molecule has 15 heavy (non-hydrogen) atoms. The molecule has 0 spiro atoms. The molecular weight excluding hydrogens is 216 g/mol. The first-order valence-electron chi connectivity index (χ1n) is 4.22. The molecule has 2 N–H and O–H groups in total. The maximum Gasteiger partial charge on any atom is 0.242 e. The third-order valence-corrected chi connectivity index (χ3v) is 2.12. The summed E-state index contributed by atoms with van der Waals surface area (Å²) in [5, 5.41) is 4.13. The number of ether oxygens (including phenoxy) is 1. The van der Waals surface area contributed by atoms with E-state index in [0.717, 1.165) is 5.69 Å². The number of nitrogens with zero attached hydrogens (tertiary/aromatic N) is 3. The Bertz CT molecular complexity index is 483. The molecule has 0 fully saturated rings. The van der Waals surface area contributed by atoms with Gasteiger partial charge in [-0.25, -0.2) is 9.67 Å². The minimum absolute atomic E-state index is 0.185. The van der Waals surface area contributed by atoms with E-state index in [0.29, 0.717) is 11.4 Å². The van der Waals surface area contributed by atoms with E-state index < -0.39 is 0 Å². The van der Waals surface area contributed by atoms with Crippen molar-refractivity contribution < 1.29 is 4.74 Å². The Kier molecular flexibility index (Phi) is 2.47. The number of nitrogens with two attached hydrogens (primary N) is 1. The number of methoxy groups -OCH3 is 1. The number of anilines is 1. The first-order chi connectivity index (χ1) is 7.20. The minimum atomic E-state index is 0.185. The number of halogens is 1. The molecule has 0 bridgehead atoms. The highest BCUT2D eigenvalue weighted by Crippen LogP contribution is 2.22. The highest BCUT2D eigenvalue weighted by molar-refractivity contribution is 6.28. The lowest BCUT2D eigenvalue weighted by Crippen LogP contribution is -2.00. The summed E-state index contributed by atoms with van der Waals surface area (Å²) in [4.78, 5) is 3.81. The molecule has 5 nitrogen and oxygen atoms in total. The second kappa shape index (κ2) is 3.78. The van der Waals surface area contributed by atoms with Gasteiger partial charge in [0, 0.05) is 6.07 Å². The van der Waals surface area contributed by atoms with Crippen LogP contribution < -0.4 is 10.5 Å². The molecule has 0 radical (unpaired) electrons. The topological polar surface area (TPSA) is 66.0 Å². The van der Waals surface area contributed by atoms with Crippen LogP contribution in [0.3, 0.4) is 0 Å². The zero-order valence-electron chi connectivity index (χ0n) is 8.01. The summed E-state index contributed by atoms with van der Waals surface area (Å²) in [6.07, 6.45) is 1.50. The first-order valence-corrected chi connectivity index (χ1v) is 4.59. The molecule has 1 heterocycles. The Labute approximate surface area is 91.4 Å². The van der Waals surface area contributed by atoms with Crippen LogP contribution >= 0.6 is 11.6 Å². The molecule has 0 unspecified atom stereocenters. The number of benzene rings is 1. The van der Waals surface area contributed by atoms with E-state index in [1.54, 1.807) is 25.3 Å². The molecular formula is C9H9ClN4O. The first kappa shape index (κ1) is 9.79. The predicted octanol–water partition coefficient (Wildman–Crippen LogP) is 1.51. The van der Waals surface area contributed by atoms with Crippen molar-refractivity contribution in [2.75, 3.05) is 12.8 Å². The molecule has 0 amide bonds. The van der Waals surface area contributed by atoms with Gasteiger partial charge in [-0.1, -0.05) is 0 Å². The summed E-state index contributed by atoms with van der Waals surface area (Å²) in [5.41, 5.74) is 7.10. The lowest BCUT2D eigenvalue weighted by Gasteiger charge is -2.06. The smallest absolute Gasteiger partial charge is 0.242 e. The van der Waals surface area contributed by atoms with Crippen molar-refractivity contribution in [1.29, 1.82) is 0 Å². The predicted molar refractivity (Wildman–Crippen MR) is 57.3 cm³/mol. The van der Waals surface area contributed by atoms with Gasteiger partial charge in [-0.15, -0.1) is 5.10 Å². The molecule has 6 heteroatoms. The van der Waals surface area contributed by atoms with E-state index in [1.807, 2.05) is 0 Å². The fraction of sp³-hybridized carbons (Fsp3) is 0.111. The number of hydrogen-bond acceptors (Lipinski definition) is 4. The molecule has 2 rings (SSSR count). The minimum Gasteiger partial charge on any atom is -0.497 e. The van der Waals surface area contributed by atoms with E-state index in [9.17, 15) is 0 Å². The summed E-state index contributed by atoms with van der Waals surface area (Å²) in [7, 11) is 1.58. The van der Waals surface area contributed by atoms with E-state index in [1.165, 1.54) is 11.0 Å². The molecule has 0 saturated heterocycles. The SMILES string of the molecule is COc1ccc(-n2cnc(Cl)n2)c(N)c1. The normalized spacial score (nSPS) is 10.3. The molecule has 0 aliphatic carbocycles. The zero-order valence-corrected chi connectivity index (χ0v) is 8.77. The summed E-state index contributed by atoms with van der Waals surface area (Å²) in [6, 6.07) is 5.30. The van der Waals surface area contributed by atoms with Gasteiger partial charge in [0.1, 0.15) is 12.1 Å². The quantitative estimate of drug-likeness (QED) is 0.786. The summed E-state index contributed by atoms with van der Waals surface area (Å²) < 4.78 is 6.55. The zero-order chi connectivity index (χ0) is 10.8. The van der Waals surface area contributed by atoms with Gasteiger partial charge in [0.2, 0.25) is 5.28 Å². The molecule has 1 aromatic heterocycles. The van der Waals surface area contributed by atoms with Crippen LogP contribution in [0.1, 0.15) is 0 Å². The Hall–Kier alpha value is -1.75. The Morgan fingerprint density at radius 1 is 1.47 bits per heavy atom. The molecule has 78 valence electrons. The van der Waals surface area contributed by atoms with Crippen molar-refractivity contribution in [3.63, 3.8) is 0 Å². The van der Waals surface area contributed by atoms with Crippen LogP contribution in [0, 0.1) is 0 Å². The third-order valence-electron chi connectivity index (χ3n) is 1.95. The van der Waals surface area contributed by atoms with Crippen LogP contribution in [0.5, 0.6) is 5.75 Å². The second-order valence-electron chi connectivity index (χ2n) is 2.88. The van der Waals surface area contributed by atoms with E-state index in [-0.39, 0.29) is 5.28 Å². The van der Waals surface area contributed by atoms with Crippen molar-refractivity contribution >= 4 is 17.3 Å². The fourth-order valence-electron chi connectivity index (χ4n) is 1.23. The van der Waals surface area contributed by atoms with Crippen molar-refractivity contribution in [3.8, 4) is 11.4 Å². The maximum atomic E-state index is 5.83. The van der Waals surface area contributed by atoms with Crippen LogP contribution in [-0.4, -0.2) is 21.9 Å². The highest BCUT2D eigenvalue weighted by Gasteiger charge is 2.05. The van der Waals surface area contributed by atoms with E-state index in [2.05, 4.69) is 10.1 Å². The summed E-state index contributed by atoms with van der Waals surface area (Å²) in [6.45, 7) is 0. The van der Waals surface area contributed by atoms with Gasteiger partial charge in [-0.3, -0.25) is 0 Å². The largest absolute Gasteiger partial charge is 0.497 e. The van der Waals surface area contributed by atoms with Gasteiger partial charge in [0.05, 0.1) is 18.5 Å². The second-order valence-corrected chi connectivity index (χ2v) is 3.22. The van der Waals surface area contributed by atoms with Gasteiger partial charge in [0.15, 0.2) is 0 Å². The lowest BCUT2D eigenvalue weighted by atomic mass is 10.2. The molecule has 1 aromatic carbocycles. The van der Waals surface area contributed by atoms with Gasteiger partial charge >= 0.3 is 0 Å². The molecule has 0 aliphatic rings. The third kappa shape index (κ3) is 1.87. The molecule has 0 aliphatic heterocycles. The van der Waals surface area contributed by atoms with Crippen LogP contribution in [0.25, 0.3) is 5.69 Å². The van der Waals surface area contributed by atoms with Crippen LogP contribution in [0.2, 0.25) is 5.28 Å². The van der Waals surface area contributed by atoms with Gasteiger partial charge in [-0.05, 0) is 23.7 Å². The van der Waals surface area contributed by atoms with Crippen molar-refractivity contribution in [2.24, 2.45) is 0 Å². The summed E-state index contributed by atoms with van der Waals surface area (Å²) >= 11 is 5.61. The van der Waals surface area contributed by atoms with Crippen molar-refractivity contribution in [2.45, 2.75) is 0 Å². The summed E-state index contributed by atoms with van der Waals surface area (Å²) in [5.74, 6) is 0.697. The fourth-order valence-corrected chi connectivity index (χ4v) is 1.35. The van der Waals surface area contributed by atoms with Gasteiger partial charge in [-0.2, -0.15) is 0 Å². The van der Waals surface area contributed by atoms with Crippen LogP contribution in [0.15, 0.2) is 24.5 Å². The van der Waals surface area contributed by atoms with Gasteiger partial charge in [0.25, 0.3) is 0 Å². The molecule has 0 atom stereocenters.